The normalized spacial score (nSPS) is 10.7. The van der Waals surface area contributed by atoms with Crippen LogP contribution in [0, 0.1) is 0 Å². The van der Waals surface area contributed by atoms with Crippen molar-refractivity contribution >= 4 is 8.60 Å². The lowest BCUT2D eigenvalue weighted by Gasteiger charge is -2.03. The van der Waals surface area contributed by atoms with E-state index in [1.807, 2.05) is 30.3 Å². The van der Waals surface area contributed by atoms with E-state index in [0.717, 1.165) is 12.8 Å². The highest BCUT2D eigenvalue weighted by Gasteiger charge is 1.98. The maximum Gasteiger partial charge on any atom is 0.327 e. The van der Waals surface area contributed by atoms with E-state index in [1.165, 1.54) is 5.56 Å². The van der Waals surface area contributed by atoms with Crippen LogP contribution in [0.2, 0.25) is 0 Å². The van der Waals surface area contributed by atoms with Crippen LogP contribution in [-0.2, 0) is 10.9 Å². The minimum Gasteiger partial charge on any atom is -0.328 e. The number of benzene rings is 1. The van der Waals surface area contributed by atoms with Gasteiger partial charge in [0.25, 0.3) is 0 Å². The van der Waals surface area contributed by atoms with Gasteiger partial charge in [0.2, 0.25) is 0 Å². The van der Waals surface area contributed by atoms with Gasteiger partial charge in [0.05, 0.1) is 6.61 Å². The van der Waals surface area contributed by atoms with Gasteiger partial charge < -0.3 is 14.3 Å². The first-order valence-electron chi connectivity index (χ1n) is 4.14. The second kappa shape index (κ2) is 6.06. The van der Waals surface area contributed by atoms with Gasteiger partial charge >= 0.3 is 8.60 Å². The third kappa shape index (κ3) is 4.96. The third-order valence-corrected chi connectivity index (χ3v) is 2.07. The van der Waals surface area contributed by atoms with Crippen LogP contribution in [0.4, 0.5) is 0 Å². The van der Waals surface area contributed by atoms with Crippen LogP contribution in [-0.4, -0.2) is 16.4 Å². The fourth-order valence-corrected chi connectivity index (χ4v) is 1.36. The molecule has 3 nitrogen and oxygen atoms in total. The smallest absolute Gasteiger partial charge is 0.327 e. The molecule has 0 aliphatic carbocycles. The molecule has 0 saturated carbocycles. The first-order chi connectivity index (χ1) is 6.29. The molecule has 13 heavy (non-hydrogen) atoms. The standard InChI is InChI=1S/C9H13O3P/c10-13(11)12-8-4-7-9-5-2-1-3-6-9/h1-3,5-6,10-11H,4,7-8H2. The van der Waals surface area contributed by atoms with Crippen molar-refractivity contribution in [2.24, 2.45) is 0 Å². The van der Waals surface area contributed by atoms with Crippen LogP contribution >= 0.6 is 8.60 Å². The Balaban J connectivity index is 2.13. The topological polar surface area (TPSA) is 49.7 Å². The quantitative estimate of drug-likeness (QED) is 0.563. The summed E-state index contributed by atoms with van der Waals surface area (Å²) >= 11 is 0. The van der Waals surface area contributed by atoms with Gasteiger partial charge in [-0.1, -0.05) is 30.3 Å². The van der Waals surface area contributed by atoms with E-state index in [4.69, 9.17) is 9.79 Å². The van der Waals surface area contributed by atoms with E-state index in [0.29, 0.717) is 6.61 Å². The number of hydrogen-bond acceptors (Lipinski definition) is 3. The third-order valence-electron chi connectivity index (χ3n) is 1.66. The molecule has 0 amide bonds. The fraction of sp³-hybridized carbons (Fsp3) is 0.333. The van der Waals surface area contributed by atoms with Gasteiger partial charge in [-0.25, -0.2) is 0 Å². The van der Waals surface area contributed by atoms with Gasteiger partial charge in [0, 0.05) is 0 Å². The van der Waals surface area contributed by atoms with Crippen LogP contribution in [0.1, 0.15) is 12.0 Å². The van der Waals surface area contributed by atoms with Crippen molar-refractivity contribution in [1.29, 1.82) is 0 Å². The molecule has 0 unspecified atom stereocenters. The Kier molecular flexibility index (Phi) is 4.94. The van der Waals surface area contributed by atoms with Crippen LogP contribution in [0.15, 0.2) is 30.3 Å². The van der Waals surface area contributed by atoms with Crippen LogP contribution in [0.3, 0.4) is 0 Å². The molecule has 0 aromatic heterocycles. The molecule has 0 aliphatic heterocycles. The zero-order valence-corrected chi connectivity index (χ0v) is 8.15. The molecule has 72 valence electrons. The Morgan fingerprint density at radius 2 is 1.85 bits per heavy atom. The molecule has 1 aromatic rings. The summed E-state index contributed by atoms with van der Waals surface area (Å²) in [6.07, 6.45) is 1.72. The molecule has 1 aromatic carbocycles. The van der Waals surface area contributed by atoms with Crippen molar-refractivity contribution < 1.29 is 14.3 Å². The van der Waals surface area contributed by atoms with Crippen molar-refractivity contribution in [2.75, 3.05) is 6.61 Å². The zero-order chi connectivity index (χ0) is 9.52. The first kappa shape index (κ1) is 10.6. The van der Waals surface area contributed by atoms with E-state index in [9.17, 15) is 0 Å². The molecule has 0 aliphatic rings. The largest absolute Gasteiger partial charge is 0.328 e. The summed E-state index contributed by atoms with van der Waals surface area (Å²) in [6, 6.07) is 10.0. The Morgan fingerprint density at radius 3 is 2.46 bits per heavy atom. The van der Waals surface area contributed by atoms with Crippen molar-refractivity contribution in [3.63, 3.8) is 0 Å². The van der Waals surface area contributed by atoms with Crippen molar-refractivity contribution in [1.82, 2.24) is 0 Å². The molecular weight excluding hydrogens is 187 g/mol. The van der Waals surface area contributed by atoms with E-state index >= 15 is 0 Å². The van der Waals surface area contributed by atoms with Gasteiger partial charge in [0.1, 0.15) is 0 Å². The molecule has 0 atom stereocenters. The Bertz CT molecular complexity index is 226. The summed E-state index contributed by atoms with van der Waals surface area (Å²) in [6.45, 7) is 0.396. The van der Waals surface area contributed by atoms with Crippen molar-refractivity contribution in [2.45, 2.75) is 12.8 Å². The molecule has 0 saturated heterocycles. The SMILES string of the molecule is OP(O)OCCCc1ccccc1. The highest BCUT2D eigenvalue weighted by molar-refractivity contribution is 7.39. The molecule has 0 radical (unpaired) electrons. The van der Waals surface area contributed by atoms with Crippen LogP contribution in [0.25, 0.3) is 0 Å². The van der Waals surface area contributed by atoms with Gasteiger partial charge in [-0.15, -0.1) is 0 Å². The van der Waals surface area contributed by atoms with E-state index < -0.39 is 8.60 Å². The van der Waals surface area contributed by atoms with E-state index in [1.54, 1.807) is 0 Å². The zero-order valence-electron chi connectivity index (χ0n) is 7.26. The Labute approximate surface area is 79.0 Å². The van der Waals surface area contributed by atoms with Crippen molar-refractivity contribution in [3.05, 3.63) is 35.9 Å². The molecule has 0 bridgehead atoms. The summed E-state index contributed by atoms with van der Waals surface area (Å²) < 4.78 is 4.64. The summed E-state index contributed by atoms with van der Waals surface area (Å²) in [4.78, 5) is 16.9. The molecule has 1 rings (SSSR count). The molecule has 0 heterocycles. The Hall–Kier alpha value is -0.470. The van der Waals surface area contributed by atoms with Gasteiger partial charge in [-0.3, -0.25) is 0 Å². The molecule has 0 spiro atoms. The molecule has 2 N–H and O–H groups in total. The summed E-state index contributed by atoms with van der Waals surface area (Å²) in [5.74, 6) is 0. The van der Waals surface area contributed by atoms with Crippen LogP contribution < -0.4 is 0 Å². The first-order valence-corrected chi connectivity index (χ1v) is 5.30. The molecule has 0 fully saturated rings. The van der Waals surface area contributed by atoms with Gasteiger partial charge in [-0.2, -0.15) is 0 Å². The second-order valence-electron chi connectivity index (χ2n) is 2.68. The number of hydrogen-bond donors (Lipinski definition) is 2. The van der Waals surface area contributed by atoms with E-state index in [-0.39, 0.29) is 0 Å². The average Bonchev–Trinajstić information content (AvgIpc) is 2.14. The minimum absolute atomic E-state index is 0.396. The highest BCUT2D eigenvalue weighted by atomic mass is 31.2. The maximum absolute atomic E-state index is 8.45. The van der Waals surface area contributed by atoms with Crippen LogP contribution in [0.5, 0.6) is 0 Å². The predicted octanol–water partition coefficient (Wildman–Crippen LogP) is 1.85. The van der Waals surface area contributed by atoms with Gasteiger partial charge in [-0.05, 0) is 18.4 Å². The predicted molar refractivity (Wildman–Crippen MR) is 52.1 cm³/mol. The fourth-order valence-electron chi connectivity index (χ4n) is 1.07. The summed E-state index contributed by atoms with van der Waals surface area (Å²) in [5.41, 5.74) is 1.24. The lowest BCUT2D eigenvalue weighted by Crippen LogP contribution is -1.92. The lowest BCUT2D eigenvalue weighted by molar-refractivity contribution is 0.252. The average molecular weight is 200 g/mol. The van der Waals surface area contributed by atoms with E-state index in [2.05, 4.69) is 4.52 Å². The maximum atomic E-state index is 8.45. The summed E-state index contributed by atoms with van der Waals surface area (Å²) in [5, 5.41) is 0. The second-order valence-corrected chi connectivity index (χ2v) is 3.44. The monoisotopic (exact) mass is 200 g/mol. The highest BCUT2D eigenvalue weighted by Crippen LogP contribution is 2.24. The lowest BCUT2D eigenvalue weighted by atomic mass is 10.1. The van der Waals surface area contributed by atoms with Crippen molar-refractivity contribution in [3.8, 4) is 0 Å². The minimum atomic E-state index is -2.18. The number of aryl methyl sites for hydroxylation is 1. The molecule has 4 heteroatoms. The summed E-state index contributed by atoms with van der Waals surface area (Å²) in [7, 11) is -2.18. The van der Waals surface area contributed by atoms with Gasteiger partial charge in [0.15, 0.2) is 0 Å². The Morgan fingerprint density at radius 1 is 1.15 bits per heavy atom. The number of rotatable bonds is 5. The molecular formula is C9H13O3P.